The van der Waals surface area contributed by atoms with Gasteiger partial charge in [-0.05, 0) is 48.6 Å². The molecular formula is C26H24O2. The normalized spacial score (nSPS) is 19.6. The van der Waals surface area contributed by atoms with E-state index < -0.39 is 0 Å². The third-order valence-electron chi connectivity index (χ3n) is 5.71. The SMILES string of the molecule is c1ccc2c(OC3CCC(Oc4cccc5ccccc45)CC3)cccc2c1. The standard InChI is InChI=1S/C26H24O2/c1-3-11-23-19(7-1)9-5-13-25(23)27-21-15-17-22(18-16-21)28-26-14-6-10-20-8-2-4-12-24(20)26/h1-14,21-22H,15-18H2. The molecule has 0 N–H and O–H groups in total. The van der Waals surface area contributed by atoms with Gasteiger partial charge in [-0.25, -0.2) is 0 Å². The average molecular weight is 368 g/mol. The fourth-order valence-corrected chi connectivity index (χ4v) is 4.22. The molecule has 1 aliphatic rings. The van der Waals surface area contributed by atoms with E-state index in [2.05, 4.69) is 84.9 Å². The second-order valence-corrected chi connectivity index (χ2v) is 7.59. The van der Waals surface area contributed by atoms with Crippen LogP contribution in [0.15, 0.2) is 84.9 Å². The molecule has 28 heavy (non-hydrogen) atoms. The van der Waals surface area contributed by atoms with E-state index in [1.165, 1.54) is 21.5 Å². The van der Waals surface area contributed by atoms with Crippen molar-refractivity contribution in [3.63, 3.8) is 0 Å². The third kappa shape index (κ3) is 3.43. The Hall–Kier alpha value is -3.00. The first kappa shape index (κ1) is 17.1. The molecule has 0 spiro atoms. The number of benzene rings is 4. The summed E-state index contributed by atoms with van der Waals surface area (Å²) in [6, 6.07) is 29.4. The summed E-state index contributed by atoms with van der Waals surface area (Å²) < 4.78 is 12.8. The van der Waals surface area contributed by atoms with Crippen LogP contribution in [0.25, 0.3) is 21.5 Å². The zero-order valence-electron chi connectivity index (χ0n) is 15.9. The molecule has 2 heteroatoms. The molecule has 1 aliphatic carbocycles. The van der Waals surface area contributed by atoms with E-state index in [0.717, 1.165) is 37.2 Å². The van der Waals surface area contributed by atoms with Gasteiger partial charge >= 0.3 is 0 Å². The second-order valence-electron chi connectivity index (χ2n) is 7.59. The van der Waals surface area contributed by atoms with Gasteiger partial charge in [0, 0.05) is 10.8 Å². The van der Waals surface area contributed by atoms with Gasteiger partial charge < -0.3 is 9.47 Å². The van der Waals surface area contributed by atoms with Crippen LogP contribution in [0.2, 0.25) is 0 Å². The fourth-order valence-electron chi connectivity index (χ4n) is 4.22. The third-order valence-corrected chi connectivity index (χ3v) is 5.71. The Morgan fingerprint density at radius 3 is 1.32 bits per heavy atom. The van der Waals surface area contributed by atoms with Gasteiger partial charge in [-0.15, -0.1) is 0 Å². The number of ether oxygens (including phenoxy) is 2. The van der Waals surface area contributed by atoms with E-state index in [1.54, 1.807) is 0 Å². The van der Waals surface area contributed by atoms with Crippen LogP contribution < -0.4 is 9.47 Å². The van der Waals surface area contributed by atoms with Crippen LogP contribution in [-0.2, 0) is 0 Å². The molecule has 2 nitrogen and oxygen atoms in total. The van der Waals surface area contributed by atoms with Crippen LogP contribution in [0.5, 0.6) is 11.5 Å². The van der Waals surface area contributed by atoms with Crippen molar-refractivity contribution in [2.45, 2.75) is 37.9 Å². The summed E-state index contributed by atoms with van der Waals surface area (Å²) in [4.78, 5) is 0. The van der Waals surface area contributed by atoms with Gasteiger partial charge in [0.15, 0.2) is 0 Å². The monoisotopic (exact) mass is 368 g/mol. The van der Waals surface area contributed by atoms with Crippen molar-refractivity contribution >= 4 is 21.5 Å². The molecule has 0 unspecified atom stereocenters. The number of hydrogen-bond donors (Lipinski definition) is 0. The van der Waals surface area contributed by atoms with Crippen LogP contribution >= 0.6 is 0 Å². The van der Waals surface area contributed by atoms with E-state index in [1.807, 2.05) is 0 Å². The lowest BCUT2D eigenvalue weighted by molar-refractivity contribution is 0.0824. The fraction of sp³-hybridized carbons (Fsp3) is 0.231. The van der Waals surface area contributed by atoms with Crippen molar-refractivity contribution in [3.05, 3.63) is 84.9 Å². The van der Waals surface area contributed by atoms with Gasteiger partial charge in [0.25, 0.3) is 0 Å². The Bertz CT molecular complexity index is 994. The maximum Gasteiger partial charge on any atom is 0.127 e. The molecule has 0 heterocycles. The van der Waals surface area contributed by atoms with Gasteiger partial charge in [0.05, 0.1) is 12.2 Å². The lowest BCUT2D eigenvalue weighted by Gasteiger charge is -2.30. The second kappa shape index (κ2) is 7.55. The Labute approximate surface area is 165 Å². The van der Waals surface area contributed by atoms with Crippen molar-refractivity contribution in [2.75, 3.05) is 0 Å². The average Bonchev–Trinajstić information content (AvgIpc) is 2.76. The van der Waals surface area contributed by atoms with Crippen LogP contribution in [0.3, 0.4) is 0 Å². The van der Waals surface area contributed by atoms with Crippen molar-refractivity contribution < 1.29 is 9.47 Å². The first-order chi connectivity index (χ1) is 13.9. The molecule has 0 saturated heterocycles. The molecule has 5 rings (SSSR count). The van der Waals surface area contributed by atoms with Crippen LogP contribution in [0, 0.1) is 0 Å². The molecule has 0 amide bonds. The van der Waals surface area contributed by atoms with Gasteiger partial charge in [0.2, 0.25) is 0 Å². The highest BCUT2D eigenvalue weighted by Gasteiger charge is 2.24. The van der Waals surface area contributed by atoms with Gasteiger partial charge in [-0.2, -0.15) is 0 Å². The van der Waals surface area contributed by atoms with Crippen molar-refractivity contribution in [2.24, 2.45) is 0 Å². The predicted octanol–water partition coefficient (Wildman–Crippen LogP) is 6.76. The zero-order chi connectivity index (χ0) is 18.8. The van der Waals surface area contributed by atoms with E-state index in [4.69, 9.17) is 9.47 Å². The van der Waals surface area contributed by atoms with Crippen molar-refractivity contribution in [3.8, 4) is 11.5 Å². The Morgan fingerprint density at radius 2 is 0.857 bits per heavy atom. The molecule has 1 saturated carbocycles. The molecular weight excluding hydrogens is 344 g/mol. The minimum absolute atomic E-state index is 0.262. The molecule has 140 valence electrons. The molecule has 0 bridgehead atoms. The van der Waals surface area contributed by atoms with E-state index in [-0.39, 0.29) is 12.2 Å². The van der Waals surface area contributed by atoms with Crippen molar-refractivity contribution in [1.29, 1.82) is 0 Å². The summed E-state index contributed by atoms with van der Waals surface area (Å²) in [5.74, 6) is 1.99. The maximum absolute atomic E-state index is 6.38. The van der Waals surface area contributed by atoms with Gasteiger partial charge in [0.1, 0.15) is 11.5 Å². The first-order valence-corrected chi connectivity index (χ1v) is 10.2. The van der Waals surface area contributed by atoms with Gasteiger partial charge in [-0.1, -0.05) is 72.8 Å². The predicted molar refractivity (Wildman–Crippen MR) is 115 cm³/mol. The van der Waals surface area contributed by atoms with E-state index >= 15 is 0 Å². The number of rotatable bonds is 4. The van der Waals surface area contributed by atoms with Crippen LogP contribution in [0.4, 0.5) is 0 Å². The van der Waals surface area contributed by atoms with E-state index in [0.29, 0.717) is 0 Å². The number of hydrogen-bond acceptors (Lipinski definition) is 2. The summed E-state index contributed by atoms with van der Waals surface area (Å²) >= 11 is 0. The summed E-state index contributed by atoms with van der Waals surface area (Å²) in [6.07, 6.45) is 4.63. The minimum atomic E-state index is 0.262. The highest BCUT2D eigenvalue weighted by atomic mass is 16.5. The quantitative estimate of drug-likeness (QED) is 0.396. The Kier molecular flexibility index (Phi) is 4.62. The smallest absolute Gasteiger partial charge is 0.127 e. The molecule has 0 aliphatic heterocycles. The molecule has 1 fully saturated rings. The summed E-state index contributed by atoms with van der Waals surface area (Å²) in [7, 11) is 0. The molecule has 0 atom stereocenters. The highest BCUT2D eigenvalue weighted by molar-refractivity contribution is 5.88. The molecule has 4 aromatic carbocycles. The van der Waals surface area contributed by atoms with Crippen LogP contribution in [-0.4, -0.2) is 12.2 Å². The topological polar surface area (TPSA) is 18.5 Å². The van der Waals surface area contributed by atoms with Crippen LogP contribution in [0.1, 0.15) is 25.7 Å². The maximum atomic E-state index is 6.38. The zero-order valence-corrected chi connectivity index (χ0v) is 15.9. The highest BCUT2D eigenvalue weighted by Crippen LogP contribution is 2.32. The largest absolute Gasteiger partial charge is 0.490 e. The lowest BCUT2D eigenvalue weighted by Crippen LogP contribution is -2.30. The Balaban J connectivity index is 1.25. The van der Waals surface area contributed by atoms with Gasteiger partial charge in [-0.3, -0.25) is 0 Å². The number of fused-ring (bicyclic) bond motifs is 2. The molecule has 0 aromatic heterocycles. The van der Waals surface area contributed by atoms with E-state index in [9.17, 15) is 0 Å². The first-order valence-electron chi connectivity index (χ1n) is 10.2. The summed E-state index contributed by atoms with van der Waals surface area (Å²) in [5, 5.41) is 4.85. The van der Waals surface area contributed by atoms with Crippen molar-refractivity contribution in [1.82, 2.24) is 0 Å². The summed E-state index contributed by atoms with van der Waals surface area (Å²) in [6.45, 7) is 0. The molecule has 0 radical (unpaired) electrons. The minimum Gasteiger partial charge on any atom is -0.490 e. The molecule has 4 aromatic rings. The summed E-state index contributed by atoms with van der Waals surface area (Å²) in [5.41, 5.74) is 0. The lowest BCUT2D eigenvalue weighted by atomic mass is 9.94. The Morgan fingerprint density at radius 1 is 0.464 bits per heavy atom.